The summed E-state index contributed by atoms with van der Waals surface area (Å²) in [4.78, 5) is 5.05. The van der Waals surface area contributed by atoms with Gasteiger partial charge in [-0.05, 0) is 157 Å². The van der Waals surface area contributed by atoms with Crippen LogP contribution in [0.4, 0.5) is 0 Å². The molecule has 9 nitrogen and oxygen atoms in total. The molecule has 2 spiro atoms. The molecular formula is C45H78N2O7. The van der Waals surface area contributed by atoms with E-state index in [1.807, 2.05) is 34.6 Å². The summed E-state index contributed by atoms with van der Waals surface area (Å²) in [5, 5.41) is 34.1. The quantitative estimate of drug-likeness (QED) is 0.252. The number of β-amino-alcohol motifs (C(OH)–C–C–N with tert-alkyl or cyclic N) is 1. The summed E-state index contributed by atoms with van der Waals surface area (Å²) >= 11 is 0. The summed E-state index contributed by atoms with van der Waals surface area (Å²) in [6, 6.07) is 0.558. The van der Waals surface area contributed by atoms with E-state index >= 15 is 0 Å². The molecule has 3 saturated heterocycles. The van der Waals surface area contributed by atoms with Crippen LogP contribution in [0.25, 0.3) is 0 Å². The highest BCUT2D eigenvalue weighted by molar-refractivity contribution is 5.33. The first kappa shape index (κ1) is 40.4. The predicted molar refractivity (Wildman–Crippen MR) is 210 cm³/mol. The molecule has 8 fully saturated rings. The Morgan fingerprint density at radius 1 is 0.889 bits per heavy atom. The van der Waals surface area contributed by atoms with Crippen LogP contribution in [-0.2, 0) is 18.9 Å². The maximum absolute atomic E-state index is 12.7. The monoisotopic (exact) mass is 759 g/mol. The minimum Gasteiger partial charge on any atom is -0.390 e. The Kier molecular flexibility index (Phi) is 10.2. The van der Waals surface area contributed by atoms with E-state index in [0.29, 0.717) is 47.2 Å². The first-order chi connectivity index (χ1) is 25.2. The summed E-state index contributed by atoms with van der Waals surface area (Å²) in [5.41, 5.74) is -1.18. The molecule has 0 amide bonds. The first-order valence-electron chi connectivity index (χ1n) is 22.4. The predicted octanol–water partition coefficient (Wildman–Crippen LogP) is 6.25. The zero-order chi connectivity index (χ0) is 38.9. The van der Waals surface area contributed by atoms with Gasteiger partial charge in [-0.2, -0.15) is 0 Å². The highest BCUT2D eigenvalue weighted by Gasteiger charge is 2.84. The van der Waals surface area contributed by atoms with Gasteiger partial charge in [-0.1, -0.05) is 34.6 Å². The Bertz CT molecular complexity index is 1370. The largest absolute Gasteiger partial charge is 0.390 e. The van der Waals surface area contributed by atoms with Crippen molar-refractivity contribution >= 4 is 0 Å². The fraction of sp³-hybridized carbons (Fsp3) is 1.00. The second-order valence-corrected chi connectivity index (χ2v) is 22.3. The molecule has 0 bridgehead atoms. The molecule has 0 radical (unpaired) electrons. The lowest BCUT2D eigenvalue weighted by Crippen LogP contribution is -2.60. The Morgan fingerprint density at radius 2 is 1.57 bits per heavy atom. The Labute approximate surface area is 327 Å². The Morgan fingerprint density at radius 3 is 2.24 bits per heavy atom. The van der Waals surface area contributed by atoms with Crippen molar-refractivity contribution in [1.82, 2.24) is 9.80 Å². The number of rotatable bonds is 9. The second-order valence-electron chi connectivity index (χ2n) is 22.3. The molecule has 9 heteroatoms. The van der Waals surface area contributed by atoms with Gasteiger partial charge < -0.3 is 39.2 Å². The van der Waals surface area contributed by atoms with Gasteiger partial charge in [0.1, 0.15) is 6.10 Å². The number of piperidine rings is 1. The molecule has 3 heterocycles. The van der Waals surface area contributed by atoms with Gasteiger partial charge in [0.25, 0.3) is 0 Å². The Hall–Kier alpha value is -0.360. The molecule has 310 valence electrons. The number of nitrogens with zero attached hydrogens (tertiary/aromatic N) is 2. The molecule has 5 aliphatic carbocycles. The van der Waals surface area contributed by atoms with Gasteiger partial charge in [0, 0.05) is 37.7 Å². The molecule has 3 aliphatic heterocycles. The summed E-state index contributed by atoms with van der Waals surface area (Å²) < 4.78 is 26.6. The normalized spacial score (nSPS) is 48.9. The van der Waals surface area contributed by atoms with Crippen LogP contribution in [0.5, 0.6) is 0 Å². The van der Waals surface area contributed by atoms with Crippen LogP contribution < -0.4 is 0 Å². The summed E-state index contributed by atoms with van der Waals surface area (Å²) in [5.74, 6) is 1.80. The van der Waals surface area contributed by atoms with E-state index in [1.165, 1.54) is 32.1 Å². The lowest BCUT2D eigenvalue weighted by Gasteiger charge is -2.64. The highest BCUT2D eigenvalue weighted by atomic mass is 16.7. The minimum atomic E-state index is -1.02. The van der Waals surface area contributed by atoms with Crippen LogP contribution in [-0.4, -0.2) is 125 Å². The average Bonchev–Trinajstić information content (AvgIpc) is 3.72. The van der Waals surface area contributed by atoms with Gasteiger partial charge in [0.15, 0.2) is 6.29 Å². The zero-order valence-electron chi connectivity index (χ0n) is 35.7. The fourth-order valence-electron chi connectivity index (χ4n) is 15.9. The van der Waals surface area contributed by atoms with Gasteiger partial charge in [-0.25, -0.2) is 0 Å². The van der Waals surface area contributed by atoms with Gasteiger partial charge in [0.05, 0.1) is 42.2 Å². The van der Waals surface area contributed by atoms with Crippen molar-refractivity contribution in [3.8, 4) is 0 Å². The van der Waals surface area contributed by atoms with Crippen LogP contribution >= 0.6 is 0 Å². The fourth-order valence-corrected chi connectivity index (χ4v) is 15.9. The molecule has 3 N–H and O–H groups in total. The molecule has 5 saturated carbocycles. The number of likely N-dealkylation sites (tertiary alicyclic amines) is 1. The summed E-state index contributed by atoms with van der Waals surface area (Å²) in [6.07, 6.45) is 10.2. The van der Waals surface area contributed by atoms with E-state index in [1.54, 1.807) is 0 Å². The number of fused-ring (bicyclic) bond motifs is 4. The van der Waals surface area contributed by atoms with Crippen LogP contribution in [0.1, 0.15) is 133 Å². The molecule has 0 aromatic heterocycles. The van der Waals surface area contributed by atoms with E-state index < -0.39 is 23.4 Å². The van der Waals surface area contributed by atoms with E-state index in [9.17, 15) is 15.3 Å². The highest BCUT2D eigenvalue weighted by Crippen LogP contribution is 2.89. The third-order valence-electron chi connectivity index (χ3n) is 18.2. The van der Waals surface area contributed by atoms with Crippen molar-refractivity contribution in [2.24, 2.45) is 50.7 Å². The van der Waals surface area contributed by atoms with Crippen molar-refractivity contribution in [1.29, 1.82) is 0 Å². The van der Waals surface area contributed by atoms with Gasteiger partial charge >= 0.3 is 0 Å². The van der Waals surface area contributed by atoms with E-state index in [0.717, 1.165) is 71.4 Å². The van der Waals surface area contributed by atoms with Crippen LogP contribution in [0.15, 0.2) is 0 Å². The standard InChI is InChI=1S/C45H78N2O7/c1-11-51-38(41(7,8)50)30-24-28(2)35-36(53-30)37(48)43(10)32-13-12-31-40(5,6)33(14-17-44(31)26-45(32,44)19-18-42(35,43)9)54-34-25-47(22-23-52-34)29-15-20-46(21-16-29)27-39(3,4)49/h28-38,48-50H,11-27H2,1-10H3/t28-,30-,31+,32+,33+,34+,35+,36+,37+,38+,42-,43-,44-,45+/m1/s1. The second kappa shape index (κ2) is 13.6. The van der Waals surface area contributed by atoms with E-state index in [-0.39, 0.29) is 40.8 Å². The molecule has 54 heavy (non-hydrogen) atoms. The number of hydrogen-bond acceptors (Lipinski definition) is 9. The first-order valence-corrected chi connectivity index (χ1v) is 22.4. The van der Waals surface area contributed by atoms with Gasteiger partial charge in [-0.15, -0.1) is 0 Å². The lowest BCUT2D eigenvalue weighted by molar-refractivity contribution is -0.251. The number of aliphatic hydroxyl groups is 3. The Balaban J connectivity index is 0.954. The number of hydrogen-bond donors (Lipinski definition) is 3. The molecule has 14 atom stereocenters. The number of morpholine rings is 1. The molecule has 0 aromatic rings. The van der Waals surface area contributed by atoms with Crippen LogP contribution in [0, 0.1) is 50.7 Å². The molecule has 0 unspecified atom stereocenters. The third-order valence-corrected chi connectivity index (χ3v) is 18.2. The minimum absolute atomic E-state index is 0.00983. The van der Waals surface area contributed by atoms with Crippen LogP contribution in [0.3, 0.4) is 0 Å². The molecule has 8 aliphatic rings. The van der Waals surface area contributed by atoms with Gasteiger partial charge in [-0.3, -0.25) is 4.90 Å². The van der Waals surface area contributed by atoms with Gasteiger partial charge in [0.2, 0.25) is 0 Å². The topological polar surface area (TPSA) is 104 Å². The van der Waals surface area contributed by atoms with Crippen molar-refractivity contribution in [2.75, 3.05) is 45.9 Å². The lowest BCUT2D eigenvalue weighted by atomic mass is 9.41. The van der Waals surface area contributed by atoms with Crippen molar-refractivity contribution < 1.29 is 34.3 Å². The smallest absolute Gasteiger partial charge is 0.170 e. The maximum Gasteiger partial charge on any atom is 0.170 e. The van der Waals surface area contributed by atoms with E-state index in [4.69, 9.17) is 18.9 Å². The molecule has 0 aromatic carbocycles. The van der Waals surface area contributed by atoms with E-state index in [2.05, 4.69) is 44.4 Å². The van der Waals surface area contributed by atoms with Crippen molar-refractivity contribution in [3.05, 3.63) is 0 Å². The van der Waals surface area contributed by atoms with Crippen molar-refractivity contribution in [3.63, 3.8) is 0 Å². The maximum atomic E-state index is 12.7. The van der Waals surface area contributed by atoms with Crippen molar-refractivity contribution in [2.45, 2.75) is 187 Å². The molecule has 8 rings (SSSR count). The summed E-state index contributed by atoms with van der Waals surface area (Å²) in [7, 11) is 0. The summed E-state index contributed by atoms with van der Waals surface area (Å²) in [6.45, 7) is 27.8. The number of ether oxygens (including phenoxy) is 4. The SMILES string of the molecule is CCO[C@@H]([C@H]1C[C@@H](C)[C@H]2[C@H](O1)[C@H](O)[C@@]1(C)[C@@H]3CC[C@H]4C(C)(C)[C@@H](O[C@H]5CN(C6CCN(CC(C)(C)O)CC6)CCO5)CC[C@@]45C[C@@]35CC[C@]21C)C(C)(C)O. The zero-order valence-corrected chi connectivity index (χ0v) is 35.7. The molecular weight excluding hydrogens is 681 g/mol. The third kappa shape index (κ3) is 6.08. The number of aliphatic hydroxyl groups excluding tert-OH is 1. The van der Waals surface area contributed by atoms with Crippen LogP contribution in [0.2, 0.25) is 0 Å². The average molecular weight is 759 g/mol.